The van der Waals surface area contributed by atoms with Gasteiger partial charge in [-0.15, -0.1) is 11.8 Å². The van der Waals surface area contributed by atoms with E-state index in [1.165, 1.54) is 42.3 Å². The van der Waals surface area contributed by atoms with E-state index in [9.17, 15) is 17.6 Å². The van der Waals surface area contributed by atoms with Crippen molar-refractivity contribution in [3.63, 3.8) is 0 Å². The van der Waals surface area contributed by atoms with E-state index in [1.807, 2.05) is 0 Å². The first-order valence-corrected chi connectivity index (χ1v) is 11.1. The molecular formula is C19H21FN2O3S2. The van der Waals surface area contributed by atoms with Gasteiger partial charge in [-0.25, -0.2) is 17.1 Å². The first kappa shape index (κ1) is 19.9. The molecule has 1 aliphatic heterocycles. The van der Waals surface area contributed by atoms with Gasteiger partial charge in [0, 0.05) is 32.1 Å². The number of thioether (sulfide) groups is 1. The van der Waals surface area contributed by atoms with Crippen molar-refractivity contribution in [2.45, 2.75) is 17.1 Å². The van der Waals surface area contributed by atoms with Crippen LogP contribution in [0.1, 0.15) is 11.1 Å². The molecule has 27 heavy (non-hydrogen) atoms. The highest BCUT2D eigenvalue weighted by atomic mass is 32.2. The summed E-state index contributed by atoms with van der Waals surface area (Å²) in [5.41, 5.74) is 2.62. The van der Waals surface area contributed by atoms with Gasteiger partial charge >= 0.3 is 0 Å². The SMILES string of the molecule is CN(C)S(=O)(=O)c1ccc2c(c1)CCN2C(=O)CSCc1ccc(F)cc1. The smallest absolute Gasteiger partial charge is 0.242 e. The van der Waals surface area contributed by atoms with Crippen molar-refractivity contribution in [2.24, 2.45) is 0 Å². The van der Waals surface area contributed by atoms with Crippen LogP contribution in [-0.4, -0.2) is 45.0 Å². The van der Waals surface area contributed by atoms with E-state index >= 15 is 0 Å². The summed E-state index contributed by atoms with van der Waals surface area (Å²) in [6.07, 6.45) is 0.639. The number of halogens is 1. The second kappa shape index (κ2) is 8.00. The van der Waals surface area contributed by atoms with Crippen LogP contribution in [0.2, 0.25) is 0 Å². The number of amides is 1. The van der Waals surface area contributed by atoms with Crippen LogP contribution in [0.25, 0.3) is 0 Å². The molecule has 1 aliphatic rings. The van der Waals surface area contributed by atoms with Gasteiger partial charge < -0.3 is 4.90 Å². The summed E-state index contributed by atoms with van der Waals surface area (Å²) in [5, 5.41) is 0. The van der Waals surface area contributed by atoms with Crippen LogP contribution in [0.15, 0.2) is 47.4 Å². The van der Waals surface area contributed by atoms with Gasteiger partial charge in [0.05, 0.1) is 10.6 Å². The molecule has 3 rings (SSSR count). The molecule has 0 spiro atoms. The monoisotopic (exact) mass is 408 g/mol. The number of carbonyl (C=O) groups is 1. The van der Waals surface area contributed by atoms with E-state index in [0.29, 0.717) is 24.5 Å². The largest absolute Gasteiger partial charge is 0.311 e. The lowest BCUT2D eigenvalue weighted by atomic mass is 10.2. The van der Waals surface area contributed by atoms with Gasteiger partial charge in [-0.2, -0.15) is 0 Å². The van der Waals surface area contributed by atoms with E-state index in [-0.39, 0.29) is 16.6 Å². The predicted octanol–water partition coefficient (Wildman–Crippen LogP) is 2.90. The van der Waals surface area contributed by atoms with Crippen molar-refractivity contribution >= 4 is 33.4 Å². The Morgan fingerprint density at radius 3 is 2.56 bits per heavy atom. The maximum atomic E-state index is 12.9. The van der Waals surface area contributed by atoms with Gasteiger partial charge in [0.1, 0.15) is 5.82 Å². The number of nitrogens with zero attached hydrogens (tertiary/aromatic N) is 2. The van der Waals surface area contributed by atoms with Gasteiger partial charge in [-0.05, 0) is 47.9 Å². The summed E-state index contributed by atoms with van der Waals surface area (Å²) in [6.45, 7) is 0.552. The molecule has 0 aromatic heterocycles. The number of rotatable bonds is 6. The molecule has 144 valence electrons. The predicted molar refractivity (Wildman–Crippen MR) is 106 cm³/mol. The number of carbonyl (C=O) groups excluding carboxylic acids is 1. The lowest BCUT2D eigenvalue weighted by Crippen LogP contribution is -2.30. The Kier molecular flexibility index (Phi) is 5.88. The van der Waals surface area contributed by atoms with Crippen LogP contribution in [0.4, 0.5) is 10.1 Å². The zero-order chi connectivity index (χ0) is 19.6. The summed E-state index contributed by atoms with van der Waals surface area (Å²) in [7, 11) is -0.492. The summed E-state index contributed by atoms with van der Waals surface area (Å²) in [4.78, 5) is 14.5. The molecule has 2 aromatic carbocycles. The highest BCUT2D eigenvalue weighted by molar-refractivity contribution is 7.99. The van der Waals surface area contributed by atoms with E-state index < -0.39 is 10.0 Å². The molecule has 0 atom stereocenters. The van der Waals surface area contributed by atoms with Gasteiger partial charge in [0.25, 0.3) is 0 Å². The van der Waals surface area contributed by atoms with E-state index in [2.05, 4.69) is 0 Å². The molecule has 0 fully saturated rings. The minimum Gasteiger partial charge on any atom is -0.311 e. The maximum Gasteiger partial charge on any atom is 0.242 e. The highest BCUT2D eigenvalue weighted by Gasteiger charge is 2.27. The Bertz CT molecular complexity index is 944. The minimum atomic E-state index is -3.49. The molecule has 0 radical (unpaired) electrons. The first-order chi connectivity index (χ1) is 12.8. The third-order valence-corrected chi connectivity index (χ3v) is 7.23. The molecule has 1 heterocycles. The molecule has 0 aliphatic carbocycles. The van der Waals surface area contributed by atoms with Crippen molar-refractivity contribution in [3.05, 3.63) is 59.4 Å². The number of benzene rings is 2. The summed E-state index contributed by atoms with van der Waals surface area (Å²) in [6, 6.07) is 11.2. The topological polar surface area (TPSA) is 57.7 Å². The van der Waals surface area contributed by atoms with Gasteiger partial charge in [-0.3, -0.25) is 4.79 Å². The Hall–Kier alpha value is -1.90. The molecule has 0 bridgehead atoms. The van der Waals surface area contributed by atoms with Crippen molar-refractivity contribution in [2.75, 3.05) is 31.3 Å². The van der Waals surface area contributed by atoms with Crippen LogP contribution in [0.3, 0.4) is 0 Å². The summed E-state index contributed by atoms with van der Waals surface area (Å²) in [5.74, 6) is 0.662. The number of fused-ring (bicyclic) bond motifs is 1. The fourth-order valence-corrected chi connectivity index (χ4v) is 4.74. The van der Waals surface area contributed by atoms with Crippen LogP contribution in [0, 0.1) is 5.82 Å². The van der Waals surface area contributed by atoms with Crippen LogP contribution in [-0.2, 0) is 27.0 Å². The number of sulfonamides is 1. The van der Waals surface area contributed by atoms with E-state index in [1.54, 1.807) is 35.2 Å². The molecule has 0 unspecified atom stereocenters. The number of hydrogen-bond acceptors (Lipinski definition) is 4. The van der Waals surface area contributed by atoms with Crippen LogP contribution >= 0.6 is 11.8 Å². The van der Waals surface area contributed by atoms with Gasteiger partial charge in [-0.1, -0.05) is 12.1 Å². The Morgan fingerprint density at radius 1 is 1.19 bits per heavy atom. The van der Waals surface area contributed by atoms with Crippen LogP contribution < -0.4 is 4.90 Å². The molecule has 1 amide bonds. The fraction of sp³-hybridized carbons (Fsp3) is 0.316. The standard InChI is InChI=1S/C19H21FN2O3S2/c1-21(2)27(24,25)17-7-8-18-15(11-17)9-10-22(18)19(23)13-26-12-14-3-5-16(20)6-4-14/h3-8,11H,9-10,12-13H2,1-2H3. The minimum absolute atomic E-state index is 0.0101. The second-order valence-electron chi connectivity index (χ2n) is 6.49. The normalized spacial score (nSPS) is 13.9. The van der Waals surface area contributed by atoms with Crippen molar-refractivity contribution in [3.8, 4) is 0 Å². The highest BCUT2D eigenvalue weighted by Crippen LogP contribution is 2.31. The Balaban J connectivity index is 1.64. The molecule has 8 heteroatoms. The van der Waals surface area contributed by atoms with Gasteiger partial charge in [0.15, 0.2) is 0 Å². The third-order valence-electron chi connectivity index (χ3n) is 4.43. The Labute approximate surface area is 163 Å². The van der Waals surface area contributed by atoms with Crippen molar-refractivity contribution in [1.29, 1.82) is 0 Å². The quantitative estimate of drug-likeness (QED) is 0.738. The first-order valence-electron chi connectivity index (χ1n) is 8.47. The number of hydrogen-bond donors (Lipinski definition) is 0. The second-order valence-corrected chi connectivity index (χ2v) is 9.63. The third kappa shape index (κ3) is 4.34. The van der Waals surface area contributed by atoms with Crippen molar-refractivity contribution in [1.82, 2.24) is 4.31 Å². The summed E-state index contributed by atoms with van der Waals surface area (Å²) >= 11 is 1.48. The maximum absolute atomic E-state index is 12.9. The van der Waals surface area contributed by atoms with Gasteiger partial charge in [0.2, 0.25) is 15.9 Å². The average Bonchev–Trinajstić information content (AvgIpc) is 3.06. The average molecular weight is 409 g/mol. The van der Waals surface area contributed by atoms with E-state index in [4.69, 9.17) is 0 Å². The lowest BCUT2D eigenvalue weighted by molar-refractivity contribution is -0.116. The van der Waals surface area contributed by atoms with Crippen molar-refractivity contribution < 1.29 is 17.6 Å². The molecule has 5 nitrogen and oxygen atoms in total. The number of anilines is 1. The molecule has 0 saturated heterocycles. The molecule has 0 saturated carbocycles. The Morgan fingerprint density at radius 2 is 1.89 bits per heavy atom. The summed E-state index contributed by atoms with van der Waals surface area (Å²) < 4.78 is 38.6. The zero-order valence-electron chi connectivity index (χ0n) is 15.2. The van der Waals surface area contributed by atoms with E-state index in [0.717, 1.165) is 16.8 Å². The van der Waals surface area contributed by atoms with Crippen LogP contribution in [0.5, 0.6) is 0 Å². The molecule has 2 aromatic rings. The lowest BCUT2D eigenvalue weighted by Gasteiger charge is -2.18. The molecular weight excluding hydrogens is 387 g/mol. The zero-order valence-corrected chi connectivity index (χ0v) is 16.8. The molecule has 0 N–H and O–H groups in total. The fourth-order valence-electron chi connectivity index (χ4n) is 2.92.